The van der Waals surface area contributed by atoms with Crippen molar-refractivity contribution in [2.24, 2.45) is 0 Å². The molecule has 2 fully saturated rings. The molecule has 1 aliphatic heterocycles. The van der Waals surface area contributed by atoms with Crippen molar-refractivity contribution in [2.75, 3.05) is 18.4 Å². The summed E-state index contributed by atoms with van der Waals surface area (Å²) in [5.74, 6) is 1.03. The molecule has 32 heavy (non-hydrogen) atoms. The molecule has 1 atom stereocenters. The molecule has 0 unspecified atom stereocenters. The molecule has 3 N–H and O–H groups in total. The molecule has 0 radical (unpaired) electrons. The van der Waals surface area contributed by atoms with Gasteiger partial charge >= 0.3 is 0 Å². The first-order valence-corrected chi connectivity index (χ1v) is 11.6. The quantitative estimate of drug-likeness (QED) is 0.549. The first kappa shape index (κ1) is 20.9. The lowest BCUT2D eigenvalue weighted by atomic mass is 9.82. The van der Waals surface area contributed by atoms with Crippen LogP contribution in [0.5, 0.6) is 0 Å². The number of hydrogen-bond donors (Lipinski definition) is 3. The smallest absolute Gasteiger partial charge is 0.225 e. The maximum Gasteiger partial charge on any atom is 0.225 e. The molecule has 0 spiro atoms. The Kier molecular flexibility index (Phi) is 5.78. The van der Waals surface area contributed by atoms with Gasteiger partial charge in [0.1, 0.15) is 0 Å². The fraction of sp³-hybridized carbons (Fsp3) is 0.500. The summed E-state index contributed by atoms with van der Waals surface area (Å²) in [6, 6.07) is 9.91. The molecule has 1 aliphatic carbocycles. The van der Waals surface area contributed by atoms with Crippen LogP contribution in [0, 0.1) is 0 Å². The number of hydrogen-bond acceptors (Lipinski definition) is 6. The van der Waals surface area contributed by atoms with Crippen LogP contribution in [-0.2, 0) is 11.3 Å². The van der Waals surface area contributed by atoms with Crippen molar-refractivity contribution < 1.29 is 9.90 Å². The number of nitrogens with one attached hydrogen (secondary N) is 2. The Morgan fingerprint density at radius 1 is 1.22 bits per heavy atom. The fourth-order valence-electron chi connectivity index (χ4n) is 4.97. The van der Waals surface area contributed by atoms with Crippen molar-refractivity contribution in [3.63, 3.8) is 0 Å². The van der Waals surface area contributed by atoms with Crippen LogP contribution in [0.2, 0.25) is 0 Å². The monoisotopic (exact) mass is 434 g/mol. The number of likely N-dealkylation sites (tertiary alicyclic amines) is 1. The number of carbonyl (C=O) groups excluding carboxylic acids is 1. The number of H-pyrrole nitrogens is 1. The van der Waals surface area contributed by atoms with Crippen molar-refractivity contribution in [3.8, 4) is 0 Å². The zero-order valence-electron chi connectivity index (χ0n) is 18.3. The molecule has 3 aromatic heterocycles. The van der Waals surface area contributed by atoms with E-state index in [4.69, 9.17) is 4.98 Å². The molecular formula is C24H30N6O2. The molecule has 5 rings (SSSR count). The number of carbonyl (C=O) groups is 1. The van der Waals surface area contributed by atoms with E-state index in [1.165, 1.54) is 0 Å². The Bertz CT molecular complexity index is 1080. The maximum absolute atomic E-state index is 12.8. The van der Waals surface area contributed by atoms with Gasteiger partial charge in [-0.2, -0.15) is 5.10 Å². The molecule has 1 saturated carbocycles. The van der Waals surface area contributed by atoms with Crippen LogP contribution < -0.4 is 5.32 Å². The molecule has 8 heteroatoms. The lowest BCUT2D eigenvalue weighted by Crippen LogP contribution is -2.39. The van der Waals surface area contributed by atoms with Gasteiger partial charge in [-0.05, 0) is 43.5 Å². The van der Waals surface area contributed by atoms with Gasteiger partial charge in [-0.25, -0.2) is 4.98 Å². The number of pyridine rings is 2. The third-order valence-electron chi connectivity index (χ3n) is 6.83. The summed E-state index contributed by atoms with van der Waals surface area (Å²) in [4.78, 5) is 23.8. The number of nitrogens with zero attached hydrogens (tertiary/aromatic N) is 4. The van der Waals surface area contributed by atoms with Gasteiger partial charge in [-0.15, -0.1) is 0 Å². The Labute approximate surface area is 187 Å². The highest BCUT2D eigenvalue weighted by Gasteiger charge is 2.36. The number of rotatable bonds is 6. The largest absolute Gasteiger partial charge is 0.389 e. The maximum atomic E-state index is 12.8. The van der Waals surface area contributed by atoms with Gasteiger partial charge in [0, 0.05) is 30.9 Å². The second kappa shape index (κ2) is 8.86. The van der Waals surface area contributed by atoms with Crippen LogP contribution in [0.4, 0.5) is 5.82 Å². The normalized spacial score (nSPS) is 20.5. The molecule has 0 bridgehead atoms. The summed E-state index contributed by atoms with van der Waals surface area (Å²) < 4.78 is 0. The van der Waals surface area contributed by atoms with E-state index in [2.05, 4.69) is 20.5 Å². The van der Waals surface area contributed by atoms with Crippen LogP contribution in [0.3, 0.4) is 0 Å². The number of fused-ring (bicyclic) bond motifs is 1. The summed E-state index contributed by atoms with van der Waals surface area (Å²) in [5, 5.41) is 22.4. The predicted octanol–water partition coefficient (Wildman–Crippen LogP) is 3.37. The topological polar surface area (TPSA) is 107 Å². The van der Waals surface area contributed by atoms with Crippen molar-refractivity contribution in [2.45, 2.75) is 63.0 Å². The van der Waals surface area contributed by atoms with Crippen LogP contribution in [0.1, 0.15) is 62.3 Å². The van der Waals surface area contributed by atoms with E-state index in [0.717, 1.165) is 73.3 Å². The molecule has 8 nitrogen and oxygen atoms in total. The van der Waals surface area contributed by atoms with Gasteiger partial charge in [0.2, 0.25) is 5.91 Å². The SMILES string of the molecule is O=C(CC1(O)CCCCC1)N1CC[C@@H](c2ccc3c(NCc4ccccn4)n[nH]c3n2)C1. The van der Waals surface area contributed by atoms with Crippen LogP contribution in [-0.4, -0.2) is 54.8 Å². The summed E-state index contributed by atoms with van der Waals surface area (Å²) >= 11 is 0. The molecule has 1 amide bonds. The van der Waals surface area contributed by atoms with Crippen molar-refractivity contribution in [1.29, 1.82) is 0 Å². The van der Waals surface area contributed by atoms with E-state index < -0.39 is 5.60 Å². The Balaban J connectivity index is 1.22. The Hall–Kier alpha value is -3.00. The van der Waals surface area contributed by atoms with Crippen LogP contribution in [0.15, 0.2) is 36.5 Å². The average Bonchev–Trinajstić information content (AvgIpc) is 3.46. The van der Waals surface area contributed by atoms with Crippen LogP contribution >= 0.6 is 0 Å². The first-order valence-electron chi connectivity index (χ1n) is 11.6. The summed E-state index contributed by atoms with van der Waals surface area (Å²) in [6.07, 6.45) is 7.58. The minimum atomic E-state index is -0.806. The highest BCUT2D eigenvalue weighted by molar-refractivity contribution is 5.87. The average molecular weight is 435 g/mol. The number of aliphatic hydroxyl groups is 1. The van der Waals surface area contributed by atoms with E-state index >= 15 is 0 Å². The number of anilines is 1. The van der Waals surface area contributed by atoms with Crippen molar-refractivity contribution in [3.05, 3.63) is 47.9 Å². The minimum absolute atomic E-state index is 0.0699. The predicted molar refractivity (Wildman–Crippen MR) is 122 cm³/mol. The van der Waals surface area contributed by atoms with E-state index in [-0.39, 0.29) is 18.2 Å². The van der Waals surface area contributed by atoms with E-state index in [1.807, 2.05) is 35.2 Å². The zero-order chi connectivity index (χ0) is 22.0. The lowest BCUT2D eigenvalue weighted by molar-refractivity contribution is -0.136. The van der Waals surface area contributed by atoms with Gasteiger partial charge in [0.05, 0.1) is 29.6 Å². The van der Waals surface area contributed by atoms with Crippen molar-refractivity contribution in [1.82, 2.24) is 25.1 Å². The highest BCUT2D eigenvalue weighted by atomic mass is 16.3. The zero-order valence-corrected chi connectivity index (χ0v) is 18.3. The third kappa shape index (κ3) is 4.46. The summed E-state index contributed by atoms with van der Waals surface area (Å²) in [6.45, 7) is 1.97. The van der Waals surface area contributed by atoms with E-state index in [9.17, 15) is 9.90 Å². The fourth-order valence-corrected chi connectivity index (χ4v) is 4.97. The molecule has 1 saturated heterocycles. The molecular weight excluding hydrogens is 404 g/mol. The van der Waals surface area contributed by atoms with Crippen molar-refractivity contribution >= 4 is 22.8 Å². The highest BCUT2D eigenvalue weighted by Crippen LogP contribution is 2.33. The standard InChI is InChI=1S/C24H30N6O2/c31-21(14-24(32)10-3-1-4-11-24)30-13-9-17(16-30)20-8-7-19-22(28-29-23(19)27-20)26-15-18-6-2-5-12-25-18/h2,5-8,12,17,32H,1,3-4,9-11,13-16H2,(H2,26,27,28,29)/t17-/m1/s1. The van der Waals surface area contributed by atoms with Gasteiger partial charge in [0.25, 0.3) is 0 Å². The lowest BCUT2D eigenvalue weighted by Gasteiger charge is -2.32. The third-order valence-corrected chi connectivity index (χ3v) is 6.83. The summed E-state index contributed by atoms with van der Waals surface area (Å²) in [5.41, 5.74) is 1.86. The Morgan fingerprint density at radius 3 is 2.91 bits per heavy atom. The van der Waals surface area contributed by atoms with E-state index in [0.29, 0.717) is 13.1 Å². The number of amides is 1. The molecule has 2 aliphatic rings. The molecule has 3 aromatic rings. The second-order valence-corrected chi connectivity index (χ2v) is 9.17. The minimum Gasteiger partial charge on any atom is -0.389 e. The number of aromatic amines is 1. The first-order chi connectivity index (χ1) is 15.6. The number of aromatic nitrogens is 4. The molecule has 4 heterocycles. The van der Waals surface area contributed by atoms with Gasteiger partial charge in [-0.1, -0.05) is 25.3 Å². The van der Waals surface area contributed by atoms with Gasteiger partial charge in [0.15, 0.2) is 11.5 Å². The second-order valence-electron chi connectivity index (χ2n) is 9.17. The van der Waals surface area contributed by atoms with E-state index in [1.54, 1.807) is 6.20 Å². The van der Waals surface area contributed by atoms with Crippen LogP contribution in [0.25, 0.3) is 11.0 Å². The molecule has 0 aromatic carbocycles. The van der Waals surface area contributed by atoms with Gasteiger partial charge < -0.3 is 15.3 Å². The van der Waals surface area contributed by atoms with Gasteiger partial charge in [-0.3, -0.25) is 14.9 Å². The summed E-state index contributed by atoms with van der Waals surface area (Å²) in [7, 11) is 0. The Morgan fingerprint density at radius 2 is 2.09 bits per heavy atom. The molecule has 168 valence electrons.